The van der Waals surface area contributed by atoms with E-state index in [1.165, 1.54) is 90.5 Å². The topological polar surface area (TPSA) is 326 Å². The minimum atomic E-state index is -2.02. The summed E-state index contributed by atoms with van der Waals surface area (Å²) in [4.78, 5) is 142. The number of esters is 6. The zero-order valence-corrected chi connectivity index (χ0v) is 64.8. The lowest BCUT2D eigenvalue weighted by Gasteiger charge is -2.68. The van der Waals surface area contributed by atoms with E-state index < -0.39 is 104 Å². The van der Waals surface area contributed by atoms with Gasteiger partial charge in [-0.15, -0.1) is 0 Å². The molecule has 0 saturated carbocycles. The summed E-state index contributed by atoms with van der Waals surface area (Å²) in [5.41, 5.74) is -12.9. The summed E-state index contributed by atoms with van der Waals surface area (Å²) in [5, 5.41) is 26.5. The molecule has 110 heavy (non-hydrogen) atoms. The van der Waals surface area contributed by atoms with Crippen molar-refractivity contribution >= 4 is 115 Å². The van der Waals surface area contributed by atoms with E-state index in [1.54, 1.807) is 158 Å². The molecule has 572 valence electrons. The van der Waals surface area contributed by atoms with Crippen molar-refractivity contribution in [1.29, 1.82) is 0 Å². The second-order valence-electron chi connectivity index (χ2n) is 30.2. The first-order chi connectivity index (χ1) is 51.3. The van der Waals surface area contributed by atoms with Crippen LogP contribution >= 0.6 is 0 Å². The highest BCUT2D eigenvalue weighted by Crippen LogP contribution is 2.64. The fourth-order valence-electron chi connectivity index (χ4n) is 17.4. The fourth-order valence-corrected chi connectivity index (χ4v) is 17.4. The van der Waals surface area contributed by atoms with Crippen molar-refractivity contribution in [2.75, 3.05) is 16.8 Å². The standard InChI is InChI=1S/C34H38N2O9.C33H36N2O9.C17H12N2O2/c1-19(37)42-31(6)30(4,5)45-34(9,33(8,44-21(3)39)32(31,7)43-20(2)38)36-25-18-14-12-16-23(25)27(29(36)41)26-22-15-11-13-17-24(22)35(10)28(26)40;1-18(36)41-30(6)29(4,5)44-33(9,32(8,43-20(3)38)31(30,7)42-19(2)37)35-24-17-13-11-15-22(24)26(28(35)40)25-21-14-10-12-16-23(21)34-27(25)39;1-19-13-9-5-3-7-11(13)15(17(19)21)14-10-6-2-4-8-12(10)18-16(14)20/h11-18H,1-10H3;10-17,40H,1-9H3;2-9,21H,1H3/b27-26+;;. The Hall–Kier alpha value is -11.9. The number of nitrogens with zero attached hydrogens (tertiary/aromatic N) is 6. The van der Waals surface area contributed by atoms with Gasteiger partial charge in [0, 0.05) is 88.0 Å². The number of hydrogen-bond acceptors (Lipinski definition) is 20. The number of ether oxygens (including phenoxy) is 8. The molecule has 14 rings (SSSR count). The molecule has 8 atom stereocenters. The molecular weight excluding hydrogens is 1410 g/mol. The number of fused-ring (bicyclic) bond motifs is 6. The van der Waals surface area contributed by atoms with Gasteiger partial charge in [-0.1, -0.05) is 109 Å². The molecule has 0 aliphatic carbocycles. The molecule has 0 spiro atoms. The molecule has 0 bridgehead atoms. The van der Waals surface area contributed by atoms with Gasteiger partial charge in [0.1, 0.15) is 11.2 Å². The number of carbonyl (C=O) groups is 10. The number of aromatic nitrogens is 2. The molecular formula is C84H86N6O20. The lowest BCUT2D eigenvalue weighted by atomic mass is 9.59. The number of aromatic hydroxyl groups is 2. The normalized spacial score (nSPS) is 27.2. The SMILES string of the molecule is CC(=O)OC1(C)C(C)(C)OC(C)(N2C(=O)/C(=C3/C(=O)N(C)c4ccccc43)c3ccccc32)C(C)(OC(C)=O)C1(C)OC(C)=O.CC(=O)OC1(C)C(C)(C)OC(C)(n2c(O)c(C3=c4ccccc4=NC3=O)c3ccccc32)C(C)(OC(C)=O)C1(C)OC(C)=O.Cn1c(O)c(C2=c3ccccc3=NC2=O)c2ccccc21. The number of aryl methyl sites for hydroxylation is 1. The van der Waals surface area contributed by atoms with Crippen LogP contribution in [0.5, 0.6) is 11.8 Å². The van der Waals surface area contributed by atoms with Crippen LogP contribution in [0.2, 0.25) is 0 Å². The van der Waals surface area contributed by atoms with Gasteiger partial charge < -0.3 is 57.6 Å². The van der Waals surface area contributed by atoms with Gasteiger partial charge in [-0.3, -0.25) is 57.4 Å². The van der Waals surface area contributed by atoms with Crippen LogP contribution in [0.1, 0.15) is 147 Å². The first kappa shape index (κ1) is 77.7. The van der Waals surface area contributed by atoms with Crippen molar-refractivity contribution < 1.29 is 96.1 Å². The third kappa shape index (κ3) is 11.1. The molecule has 8 unspecified atom stereocenters. The number of rotatable bonds is 10. The number of anilines is 2. The van der Waals surface area contributed by atoms with Gasteiger partial charge in [-0.2, -0.15) is 0 Å². The van der Waals surface area contributed by atoms with Crippen LogP contribution in [-0.4, -0.2) is 136 Å². The summed E-state index contributed by atoms with van der Waals surface area (Å²) in [5.74, 6) is -6.47. The number of carbonyl (C=O) groups excluding carboxylic acids is 10. The van der Waals surface area contributed by atoms with E-state index >= 15 is 0 Å². The van der Waals surface area contributed by atoms with Gasteiger partial charge in [0.05, 0.1) is 66.5 Å². The van der Waals surface area contributed by atoms with Crippen LogP contribution in [0.15, 0.2) is 156 Å². The minimum Gasteiger partial charge on any atom is -0.494 e. The largest absolute Gasteiger partial charge is 0.494 e. The van der Waals surface area contributed by atoms with Gasteiger partial charge >= 0.3 is 35.8 Å². The summed E-state index contributed by atoms with van der Waals surface area (Å²) >= 11 is 0. The lowest BCUT2D eigenvalue weighted by molar-refractivity contribution is -0.416. The zero-order chi connectivity index (χ0) is 80.7. The van der Waals surface area contributed by atoms with Crippen molar-refractivity contribution in [2.45, 2.75) is 181 Å². The lowest BCUT2D eigenvalue weighted by Crippen LogP contribution is -2.88. The van der Waals surface area contributed by atoms with E-state index in [4.69, 9.17) is 37.9 Å². The van der Waals surface area contributed by atoms with Crippen molar-refractivity contribution in [1.82, 2.24) is 9.13 Å². The molecule has 6 aromatic carbocycles. The number of benzene rings is 6. The number of amides is 4. The van der Waals surface area contributed by atoms with Gasteiger partial charge in [-0.05, 0) is 119 Å². The molecule has 0 radical (unpaired) electrons. The Balaban J connectivity index is 0.000000163. The molecule has 2 fully saturated rings. The number of likely N-dealkylation sites (N-methyl/N-ethyl adjacent to an activating group) is 1. The highest BCUT2D eigenvalue weighted by atomic mass is 16.7. The summed E-state index contributed by atoms with van der Waals surface area (Å²) in [6, 6.07) is 43.1. The van der Waals surface area contributed by atoms with E-state index in [9.17, 15) is 58.2 Å². The summed E-state index contributed by atoms with van der Waals surface area (Å²) in [6.45, 7) is 26.0. The molecule has 6 aliphatic heterocycles. The average Bonchev–Trinajstić information content (AvgIpc) is 1.05. The smallest absolute Gasteiger partial charge is 0.303 e. The molecule has 8 heterocycles. The van der Waals surface area contributed by atoms with E-state index in [0.717, 1.165) is 16.1 Å². The third-order valence-corrected chi connectivity index (χ3v) is 23.3. The Morgan fingerprint density at radius 2 is 0.709 bits per heavy atom. The van der Waals surface area contributed by atoms with Gasteiger partial charge in [0.25, 0.3) is 23.6 Å². The maximum atomic E-state index is 15.0. The van der Waals surface area contributed by atoms with Crippen molar-refractivity contribution in [2.24, 2.45) is 17.0 Å². The van der Waals surface area contributed by atoms with Crippen LogP contribution < -0.4 is 31.0 Å². The summed E-state index contributed by atoms with van der Waals surface area (Å²) < 4.78 is 52.9. The predicted octanol–water partition coefficient (Wildman–Crippen LogP) is 8.81. The predicted molar refractivity (Wildman–Crippen MR) is 402 cm³/mol. The van der Waals surface area contributed by atoms with E-state index in [-0.39, 0.29) is 45.9 Å². The highest BCUT2D eigenvalue weighted by Gasteiger charge is 2.83. The van der Waals surface area contributed by atoms with E-state index in [2.05, 4.69) is 9.98 Å². The minimum absolute atomic E-state index is 0.0893. The first-order valence-corrected chi connectivity index (χ1v) is 35.5. The highest BCUT2D eigenvalue weighted by molar-refractivity contribution is 6.50. The van der Waals surface area contributed by atoms with Crippen LogP contribution in [0.4, 0.5) is 11.4 Å². The molecule has 26 nitrogen and oxygen atoms in total. The second kappa shape index (κ2) is 26.5. The second-order valence-corrected chi connectivity index (χ2v) is 30.2. The molecule has 8 aromatic rings. The molecule has 2 saturated heterocycles. The van der Waals surface area contributed by atoms with Gasteiger partial charge in [0.2, 0.25) is 5.88 Å². The molecule has 4 amide bonds. The van der Waals surface area contributed by atoms with Crippen LogP contribution in [0, 0.1) is 0 Å². The summed E-state index contributed by atoms with van der Waals surface area (Å²) in [6.07, 6.45) is 0. The van der Waals surface area contributed by atoms with E-state index in [0.29, 0.717) is 60.5 Å². The van der Waals surface area contributed by atoms with Crippen molar-refractivity contribution in [3.8, 4) is 11.8 Å². The molecule has 26 heteroatoms. The first-order valence-electron chi connectivity index (χ1n) is 35.5. The third-order valence-electron chi connectivity index (χ3n) is 23.3. The molecule has 6 aliphatic rings. The van der Waals surface area contributed by atoms with Crippen molar-refractivity contribution in [3.05, 3.63) is 189 Å². The Bertz CT molecular complexity index is 5710. The summed E-state index contributed by atoms with van der Waals surface area (Å²) in [7, 11) is 3.42. The fraction of sp³-hybridized carbons (Fsp3) is 0.357. The van der Waals surface area contributed by atoms with Crippen LogP contribution in [0.25, 0.3) is 44.1 Å². The van der Waals surface area contributed by atoms with Gasteiger partial charge in [0.15, 0.2) is 50.9 Å². The average molecular weight is 1500 g/mol. The van der Waals surface area contributed by atoms with Crippen LogP contribution in [0.3, 0.4) is 0 Å². The molecule has 2 aromatic heterocycles. The Kier molecular flexibility index (Phi) is 18.7. The Morgan fingerprint density at radius 3 is 1.17 bits per heavy atom. The Morgan fingerprint density at radius 1 is 0.373 bits per heavy atom. The van der Waals surface area contributed by atoms with Gasteiger partial charge in [-0.25, -0.2) is 9.98 Å². The maximum Gasteiger partial charge on any atom is 0.303 e. The maximum absolute atomic E-state index is 15.0. The molecule has 2 N–H and O–H groups in total. The van der Waals surface area contributed by atoms with Crippen molar-refractivity contribution in [3.63, 3.8) is 0 Å². The quantitative estimate of drug-likeness (QED) is 0.0733. The number of hydrogen-bond donors (Lipinski definition) is 2. The van der Waals surface area contributed by atoms with Crippen LogP contribution in [-0.2, 0) is 98.6 Å². The van der Waals surface area contributed by atoms with E-state index in [1.807, 2.05) is 54.6 Å². The zero-order valence-electron chi connectivity index (χ0n) is 64.8. The Labute approximate surface area is 632 Å². The number of para-hydroxylation sites is 6. The monoisotopic (exact) mass is 1500 g/mol.